The van der Waals surface area contributed by atoms with Crippen molar-refractivity contribution < 1.29 is 0 Å². The number of hydrogen-bond donors (Lipinski definition) is 0. The molecule has 2 heteroatoms. The third-order valence-corrected chi connectivity index (χ3v) is 11.7. The van der Waals surface area contributed by atoms with Crippen molar-refractivity contribution >= 4 is 85.2 Å². The molecule has 2 aromatic heterocycles. The lowest BCUT2D eigenvalue weighted by molar-refractivity contribution is 1.69. The smallest absolute Gasteiger partial charge is 0.0448 e. The zero-order chi connectivity index (χ0) is 30.2. The molecule has 46 heavy (non-hydrogen) atoms. The van der Waals surface area contributed by atoms with Crippen LogP contribution in [-0.4, -0.2) is 0 Å². The lowest BCUT2D eigenvalue weighted by Crippen LogP contribution is -1.91. The van der Waals surface area contributed by atoms with Gasteiger partial charge in [0, 0.05) is 35.8 Å². The highest BCUT2D eigenvalue weighted by molar-refractivity contribution is 7.27. The molecule has 0 atom stereocenters. The summed E-state index contributed by atoms with van der Waals surface area (Å²) in [6, 6.07) is 56.0. The largest absolute Gasteiger partial charge is 0.143 e. The topological polar surface area (TPSA) is 0 Å². The molecule has 0 saturated carbocycles. The zero-order valence-corrected chi connectivity index (χ0v) is 26.5. The molecule has 0 bridgehead atoms. The fourth-order valence-electron chi connectivity index (χ4n) is 7.52. The van der Waals surface area contributed by atoms with Gasteiger partial charge in [0.1, 0.15) is 0 Å². The number of thiophene rings is 2. The van der Waals surface area contributed by atoms with Gasteiger partial charge in [0.25, 0.3) is 0 Å². The van der Waals surface area contributed by atoms with Crippen molar-refractivity contribution in [3.05, 3.63) is 157 Å². The molecule has 8 aromatic carbocycles. The summed E-state index contributed by atoms with van der Waals surface area (Å²) in [5.74, 6) is 0. The first-order valence-electron chi connectivity index (χ1n) is 15.7. The van der Waals surface area contributed by atoms with E-state index in [9.17, 15) is 0 Å². The fraction of sp³-hybridized carbons (Fsp3) is 0. The first-order valence-corrected chi connectivity index (χ1v) is 17.4. The SMILES string of the molecule is c1ccc(-c2csc3ccc4c5cc(-c6c7ccccc7c(-c7cccc8ccccc78)c7ccccc67)ccc5sc4c23)cc1. The van der Waals surface area contributed by atoms with Crippen molar-refractivity contribution in [1.82, 2.24) is 0 Å². The van der Waals surface area contributed by atoms with Crippen LogP contribution in [0.4, 0.5) is 0 Å². The summed E-state index contributed by atoms with van der Waals surface area (Å²) >= 11 is 3.77. The van der Waals surface area contributed by atoms with Gasteiger partial charge in [0.2, 0.25) is 0 Å². The van der Waals surface area contributed by atoms with E-state index in [-0.39, 0.29) is 0 Å². The second kappa shape index (κ2) is 10.1. The molecule has 0 aliphatic rings. The van der Waals surface area contributed by atoms with E-state index in [1.165, 1.54) is 96.0 Å². The number of hydrogen-bond acceptors (Lipinski definition) is 2. The average molecular weight is 619 g/mol. The van der Waals surface area contributed by atoms with E-state index in [0.29, 0.717) is 0 Å². The molecule has 0 radical (unpaired) electrons. The van der Waals surface area contributed by atoms with Crippen LogP contribution in [0.25, 0.3) is 96.0 Å². The molecule has 0 N–H and O–H groups in total. The Bertz CT molecular complexity index is 2740. The Balaban J connectivity index is 1.27. The standard InChI is InChI=1S/C44H26S2/c1-2-11-28(12-3-1)38-26-45-40-24-22-36-37-25-29(21-23-39(37)46-44(36)43(38)40)41-32-16-6-8-18-34(32)42(35-19-9-7-17-33(35)41)31-20-10-14-27-13-4-5-15-30(27)31/h1-26H. The predicted octanol–water partition coefficient (Wildman–Crippen LogP) is 13.7. The lowest BCUT2D eigenvalue weighted by Gasteiger charge is -2.19. The van der Waals surface area contributed by atoms with Gasteiger partial charge in [-0.3, -0.25) is 0 Å². The fourth-order valence-corrected chi connectivity index (χ4v) is 9.80. The summed E-state index contributed by atoms with van der Waals surface area (Å²) < 4.78 is 4.06. The van der Waals surface area contributed by atoms with E-state index >= 15 is 0 Å². The highest BCUT2D eigenvalue weighted by Gasteiger charge is 2.19. The first kappa shape index (κ1) is 26.0. The van der Waals surface area contributed by atoms with Crippen LogP contribution in [0.1, 0.15) is 0 Å². The maximum Gasteiger partial charge on any atom is 0.0448 e. The highest BCUT2D eigenvalue weighted by Crippen LogP contribution is 2.48. The van der Waals surface area contributed by atoms with Crippen molar-refractivity contribution in [3.63, 3.8) is 0 Å². The van der Waals surface area contributed by atoms with E-state index in [4.69, 9.17) is 0 Å². The molecule has 2 heterocycles. The van der Waals surface area contributed by atoms with E-state index in [2.05, 4.69) is 157 Å². The van der Waals surface area contributed by atoms with Gasteiger partial charge in [-0.05, 0) is 83.7 Å². The van der Waals surface area contributed by atoms with Crippen molar-refractivity contribution in [3.8, 4) is 33.4 Å². The van der Waals surface area contributed by atoms with Crippen molar-refractivity contribution in [1.29, 1.82) is 0 Å². The molecule has 0 aliphatic carbocycles. The van der Waals surface area contributed by atoms with Crippen molar-refractivity contribution in [2.24, 2.45) is 0 Å². The average Bonchev–Trinajstić information content (AvgIpc) is 3.72. The molecule has 0 nitrogen and oxygen atoms in total. The Morgan fingerprint density at radius 2 is 1.00 bits per heavy atom. The number of fused-ring (bicyclic) bond motifs is 8. The van der Waals surface area contributed by atoms with Crippen LogP contribution in [0.3, 0.4) is 0 Å². The summed E-state index contributed by atoms with van der Waals surface area (Å²) in [5.41, 5.74) is 7.77. The minimum absolute atomic E-state index is 1.26. The first-order chi connectivity index (χ1) is 22.8. The molecule has 10 aromatic rings. The maximum atomic E-state index is 2.44. The third-order valence-electron chi connectivity index (χ3n) is 9.54. The molecule has 0 amide bonds. The Morgan fingerprint density at radius 1 is 0.370 bits per heavy atom. The van der Waals surface area contributed by atoms with Gasteiger partial charge in [-0.25, -0.2) is 0 Å². The minimum atomic E-state index is 1.26. The molecular weight excluding hydrogens is 593 g/mol. The molecule has 0 unspecified atom stereocenters. The Morgan fingerprint density at radius 3 is 1.76 bits per heavy atom. The van der Waals surface area contributed by atoms with Crippen LogP contribution in [0.2, 0.25) is 0 Å². The van der Waals surface area contributed by atoms with Crippen LogP contribution in [0.15, 0.2) is 157 Å². The summed E-state index contributed by atoms with van der Waals surface area (Å²) in [5, 5.41) is 14.1. The van der Waals surface area contributed by atoms with Gasteiger partial charge >= 0.3 is 0 Å². The van der Waals surface area contributed by atoms with Crippen molar-refractivity contribution in [2.75, 3.05) is 0 Å². The zero-order valence-electron chi connectivity index (χ0n) is 24.8. The number of benzene rings is 8. The summed E-state index contributed by atoms with van der Waals surface area (Å²) in [7, 11) is 0. The Kier molecular flexibility index (Phi) is 5.72. The molecule has 10 rings (SSSR count). The van der Waals surface area contributed by atoms with Gasteiger partial charge in [-0.2, -0.15) is 0 Å². The molecule has 0 fully saturated rings. The minimum Gasteiger partial charge on any atom is -0.143 e. The van der Waals surface area contributed by atoms with Gasteiger partial charge in [-0.1, -0.05) is 133 Å². The normalized spacial score (nSPS) is 11.9. The van der Waals surface area contributed by atoms with E-state index in [1.807, 2.05) is 22.7 Å². The van der Waals surface area contributed by atoms with Crippen molar-refractivity contribution in [2.45, 2.75) is 0 Å². The maximum absolute atomic E-state index is 2.44. The molecular formula is C44H26S2. The van der Waals surface area contributed by atoms with Crippen LogP contribution in [0, 0.1) is 0 Å². The van der Waals surface area contributed by atoms with Gasteiger partial charge in [-0.15, -0.1) is 22.7 Å². The Labute approximate surface area is 274 Å². The quantitative estimate of drug-likeness (QED) is 0.173. The van der Waals surface area contributed by atoms with Crippen LogP contribution < -0.4 is 0 Å². The monoisotopic (exact) mass is 618 g/mol. The van der Waals surface area contributed by atoms with Gasteiger partial charge in [0.05, 0.1) is 0 Å². The molecule has 0 spiro atoms. The summed E-state index contributed by atoms with van der Waals surface area (Å²) in [6.45, 7) is 0. The van der Waals surface area contributed by atoms with Crippen LogP contribution in [-0.2, 0) is 0 Å². The van der Waals surface area contributed by atoms with Crippen LogP contribution >= 0.6 is 22.7 Å². The second-order valence-electron chi connectivity index (χ2n) is 12.0. The van der Waals surface area contributed by atoms with Gasteiger partial charge in [0.15, 0.2) is 0 Å². The second-order valence-corrected chi connectivity index (χ2v) is 14.0. The Hall–Kier alpha value is -5.28. The number of rotatable bonds is 3. The molecule has 0 saturated heterocycles. The highest BCUT2D eigenvalue weighted by atomic mass is 32.1. The third kappa shape index (κ3) is 3.78. The summed E-state index contributed by atoms with van der Waals surface area (Å²) in [6.07, 6.45) is 0. The van der Waals surface area contributed by atoms with Gasteiger partial charge < -0.3 is 0 Å². The van der Waals surface area contributed by atoms with E-state index in [0.717, 1.165) is 0 Å². The van der Waals surface area contributed by atoms with E-state index in [1.54, 1.807) is 0 Å². The lowest BCUT2D eigenvalue weighted by atomic mass is 9.84. The van der Waals surface area contributed by atoms with Crippen LogP contribution in [0.5, 0.6) is 0 Å². The van der Waals surface area contributed by atoms with E-state index < -0.39 is 0 Å². The molecule has 214 valence electrons. The molecule has 0 aliphatic heterocycles. The summed E-state index contributed by atoms with van der Waals surface area (Å²) in [4.78, 5) is 0. The predicted molar refractivity (Wildman–Crippen MR) is 204 cm³/mol.